The summed E-state index contributed by atoms with van der Waals surface area (Å²) >= 11 is 0. The monoisotopic (exact) mass is 230 g/mol. The fraction of sp³-hybridized carbons (Fsp3) is 0.833. The zero-order valence-corrected chi connectivity index (χ0v) is 10.6. The van der Waals surface area contributed by atoms with Crippen LogP contribution in [0.1, 0.15) is 40.5 Å². The molecule has 2 unspecified atom stereocenters. The van der Waals surface area contributed by atoms with Crippen molar-refractivity contribution < 1.29 is 19.1 Å². The van der Waals surface area contributed by atoms with Gasteiger partial charge in [0.1, 0.15) is 0 Å². The van der Waals surface area contributed by atoms with Crippen molar-refractivity contribution in [3.05, 3.63) is 0 Å². The Hall–Kier alpha value is -1.06. The first kappa shape index (κ1) is 14.9. The van der Waals surface area contributed by atoms with Crippen LogP contribution in [-0.2, 0) is 19.1 Å². The first-order chi connectivity index (χ1) is 7.52. The SMILES string of the molecule is CCC(C)C(OC=O)C(=O)OCCC(C)C. The van der Waals surface area contributed by atoms with Crippen molar-refractivity contribution in [3.8, 4) is 0 Å². The van der Waals surface area contributed by atoms with Crippen molar-refractivity contribution in [1.82, 2.24) is 0 Å². The smallest absolute Gasteiger partial charge is 0.347 e. The van der Waals surface area contributed by atoms with Crippen molar-refractivity contribution in [1.29, 1.82) is 0 Å². The minimum Gasteiger partial charge on any atom is -0.463 e. The van der Waals surface area contributed by atoms with Gasteiger partial charge in [0.05, 0.1) is 6.61 Å². The van der Waals surface area contributed by atoms with E-state index in [2.05, 4.69) is 13.8 Å². The van der Waals surface area contributed by atoms with Crippen LogP contribution < -0.4 is 0 Å². The summed E-state index contributed by atoms with van der Waals surface area (Å²) in [6.45, 7) is 8.60. The van der Waals surface area contributed by atoms with Crippen LogP contribution in [0.4, 0.5) is 0 Å². The summed E-state index contributed by atoms with van der Waals surface area (Å²) < 4.78 is 9.83. The Morgan fingerprint density at radius 3 is 2.38 bits per heavy atom. The molecule has 4 heteroatoms. The molecule has 0 aliphatic carbocycles. The second kappa shape index (κ2) is 8.13. The molecule has 0 bridgehead atoms. The van der Waals surface area contributed by atoms with Gasteiger partial charge in [-0.3, -0.25) is 4.79 Å². The Balaban J connectivity index is 4.11. The molecule has 0 rings (SSSR count). The first-order valence-electron chi connectivity index (χ1n) is 5.78. The van der Waals surface area contributed by atoms with E-state index in [1.807, 2.05) is 13.8 Å². The predicted octanol–water partition coefficient (Wildman–Crippen LogP) is 2.16. The van der Waals surface area contributed by atoms with Gasteiger partial charge in [-0.25, -0.2) is 4.79 Å². The first-order valence-corrected chi connectivity index (χ1v) is 5.78. The van der Waals surface area contributed by atoms with Gasteiger partial charge in [-0.05, 0) is 18.8 Å². The molecule has 94 valence electrons. The zero-order valence-electron chi connectivity index (χ0n) is 10.6. The highest BCUT2D eigenvalue weighted by Crippen LogP contribution is 2.13. The fourth-order valence-electron chi connectivity index (χ4n) is 1.17. The lowest BCUT2D eigenvalue weighted by atomic mass is 10.0. The van der Waals surface area contributed by atoms with Gasteiger partial charge < -0.3 is 9.47 Å². The third kappa shape index (κ3) is 5.73. The van der Waals surface area contributed by atoms with Gasteiger partial charge in [0.2, 0.25) is 6.10 Å². The summed E-state index contributed by atoms with van der Waals surface area (Å²) in [6, 6.07) is 0. The Kier molecular flexibility index (Phi) is 7.60. The molecular weight excluding hydrogens is 208 g/mol. The average Bonchev–Trinajstić information content (AvgIpc) is 2.24. The molecule has 0 aromatic carbocycles. The Labute approximate surface area is 97.3 Å². The van der Waals surface area contributed by atoms with E-state index in [-0.39, 0.29) is 5.92 Å². The lowest BCUT2D eigenvalue weighted by Gasteiger charge is -2.19. The summed E-state index contributed by atoms with van der Waals surface area (Å²) in [7, 11) is 0. The van der Waals surface area contributed by atoms with Crippen molar-refractivity contribution in [2.75, 3.05) is 6.61 Å². The number of esters is 1. The zero-order chi connectivity index (χ0) is 12.6. The lowest BCUT2D eigenvalue weighted by molar-refractivity contribution is -0.165. The van der Waals surface area contributed by atoms with E-state index < -0.39 is 12.1 Å². The summed E-state index contributed by atoms with van der Waals surface area (Å²) in [4.78, 5) is 21.9. The minimum absolute atomic E-state index is 0.0169. The maximum Gasteiger partial charge on any atom is 0.347 e. The maximum atomic E-state index is 11.6. The Morgan fingerprint density at radius 2 is 1.94 bits per heavy atom. The molecule has 0 N–H and O–H groups in total. The topological polar surface area (TPSA) is 52.6 Å². The average molecular weight is 230 g/mol. The van der Waals surface area contributed by atoms with E-state index in [4.69, 9.17) is 9.47 Å². The lowest BCUT2D eigenvalue weighted by Crippen LogP contribution is -2.32. The number of rotatable bonds is 8. The molecule has 0 radical (unpaired) electrons. The van der Waals surface area contributed by atoms with Gasteiger partial charge in [0.25, 0.3) is 6.47 Å². The predicted molar refractivity (Wildman–Crippen MR) is 60.8 cm³/mol. The quantitative estimate of drug-likeness (QED) is 0.473. The fourth-order valence-corrected chi connectivity index (χ4v) is 1.17. The summed E-state index contributed by atoms with van der Waals surface area (Å²) in [5.41, 5.74) is 0. The highest BCUT2D eigenvalue weighted by molar-refractivity contribution is 5.76. The third-order valence-corrected chi connectivity index (χ3v) is 2.53. The molecule has 0 saturated heterocycles. The number of ether oxygens (including phenoxy) is 2. The molecule has 0 heterocycles. The van der Waals surface area contributed by atoms with Crippen LogP contribution in [0.5, 0.6) is 0 Å². The van der Waals surface area contributed by atoms with E-state index in [9.17, 15) is 9.59 Å². The van der Waals surface area contributed by atoms with E-state index in [1.54, 1.807) is 0 Å². The highest BCUT2D eigenvalue weighted by Gasteiger charge is 2.26. The highest BCUT2D eigenvalue weighted by atomic mass is 16.6. The molecule has 0 spiro atoms. The standard InChI is InChI=1S/C12H22O4/c1-5-10(4)11(16-8-13)12(14)15-7-6-9(2)3/h8-11H,5-7H2,1-4H3. The van der Waals surface area contributed by atoms with E-state index >= 15 is 0 Å². The van der Waals surface area contributed by atoms with Crippen LogP contribution in [0, 0.1) is 11.8 Å². The van der Waals surface area contributed by atoms with Gasteiger partial charge in [-0.2, -0.15) is 0 Å². The molecule has 0 fully saturated rings. The van der Waals surface area contributed by atoms with Crippen molar-refractivity contribution >= 4 is 12.4 Å². The molecule has 0 aliphatic rings. The normalized spacial score (nSPS) is 14.3. The minimum atomic E-state index is -0.769. The van der Waals surface area contributed by atoms with Crippen molar-refractivity contribution in [2.24, 2.45) is 11.8 Å². The molecule has 0 aromatic heterocycles. The Morgan fingerprint density at radius 1 is 1.31 bits per heavy atom. The molecule has 0 saturated carbocycles. The molecule has 16 heavy (non-hydrogen) atoms. The van der Waals surface area contributed by atoms with Gasteiger partial charge >= 0.3 is 5.97 Å². The second-order valence-corrected chi connectivity index (χ2v) is 4.39. The van der Waals surface area contributed by atoms with Crippen molar-refractivity contribution in [2.45, 2.75) is 46.6 Å². The number of carbonyl (C=O) groups is 2. The van der Waals surface area contributed by atoms with Crippen molar-refractivity contribution in [3.63, 3.8) is 0 Å². The molecular formula is C12H22O4. The summed E-state index contributed by atoms with van der Waals surface area (Å²) in [6.07, 6.45) is 0.812. The van der Waals surface area contributed by atoms with Crippen LogP contribution in [0.15, 0.2) is 0 Å². The van der Waals surface area contributed by atoms with Crippen LogP contribution in [0.25, 0.3) is 0 Å². The largest absolute Gasteiger partial charge is 0.463 e. The van der Waals surface area contributed by atoms with Gasteiger partial charge in [-0.1, -0.05) is 27.7 Å². The van der Waals surface area contributed by atoms with E-state index in [1.165, 1.54) is 0 Å². The van der Waals surface area contributed by atoms with Crippen LogP contribution in [0.3, 0.4) is 0 Å². The van der Waals surface area contributed by atoms with Gasteiger partial charge in [-0.15, -0.1) is 0 Å². The second-order valence-electron chi connectivity index (χ2n) is 4.39. The van der Waals surface area contributed by atoms with Crippen LogP contribution >= 0.6 is 0 Å². The van der Waals surface area contributed by atoms with E-state index in [0.29, 0.717) is 19.0 Å². The molecule has 2 atom stereocenters. The molecule has 0 aliphatic heterocycles. The van der Waals surface area contributed by atoms with Crippen LogP contribution in [-0.4, -0.2) is 25.2 Å². The molecule has 0 aromatic rings. The summed E-state index contributed by atoms with van der Waals surface area (Å²) in [5, 5.41) is 0. The van der Waals surface area contributed by atoms with Crippen LogP contribution in [0.2, 0.25) is 0 Å². The number of hydrogen-bond acceptors (Lipinski definition) is 4. The Bertz CT molecular complexity index is 213. The third-order valence-electron chi connectivity index (χ3n) is 2.53. The van der Waals surface area contributed by atoms with Gasteiger partial charge in [0, 0.05) is 5.92 Å². The maximum absolute atomic E-state index is 11.6. The summed E-state index contributed by atoms with van der Waals surface area (Å²) in [5.74, 6) is 0.0284. The molecule has 0 amide bonds. The number of carbonyl (C=O) groups excluding carboxylic acids is 2. The molecule has 4 nitrogen and oxygen atoms in total. The number of hydrogen-bond donors (Lipinski definition) is 0. The van der Waals surface area contributed by atoms with E-state index in [0.717, 1.165) is 12.8 Å². The van der Waals surface area contributed by atoms with Gasteiger partial charge in [0.15, 0.2) is 0 Å².